The second-order valence-electron chi connectivity index (χ2n) is 5.12. The lowest BCUT2D eigenvalue weighted by Gasteiger charge is -2.08. The molecule has 2 aromatic rings. The molecule has 0 aliphatic heterocycles. The predicted octanol–water partition coefficient (Wildman–Crippen LogP) is 4.89. The number of benzene rings is 2. The molecule has 0 aliphatic rings. The zero-order chi connectivity index (χ0) is 19.3. The van der Waals surface area contributed by atoms with E-state index < -0.39 is 24.3 Å². The summed E-state index contributed by atoms with van der Waals surface area (Å²) >= 11 is 6.00. The second-order valence-corrected chi connectivity index (χ2v) is 5.52. The smallest absolute Gasteiger partial charge is 0.416 e. The molecule has 1 N–H and O–H groups in total. The first-order chi connectivity index (χ1) is 12.2. The van der Waals surface area contributed by atoms with Crippen LogP contribution in [0.25, 0.3) is 11.6 Å². The Bertz CT molecular complexity index is 884. The number of carboxylic acids is 1. The predicted molar refractivity (Wildman–Crippen MR) is 89.5 cm³/mol. The Morgan fingerprint density at radius 1 is 1.23 bits per heavy atom. The third-order valence-corrected chi connectivity index (χ3v) is 3.56. The Morgan fingerprint density at radius 3 is 2.38 bits per heavy atom. The lowest BCUT2D eigenvalue weighted by molar-refractivity contribution is -0.139. The van der Waals surface area contributed by atoms with Crippen LogP contribution in [-0.2, 0) is 11.0 Å². The summed E-state index contributed by atoms with van der Waals surface area (Å²) in [5, 5.41) is 18.0. The minimum atomic E-state index is -4.45. The van der Waals surface area contributed by atoms with Gasteiger partial charge in [-0.3, -0.25) is 0 Å². The van der Waals surface area contributed by atoms with Crippen molar-refractivity contribution >= 4 is 29.2 Å². The van der Waals surface area contributed by atoms with Crippen LogP contribution in [-0.4, -0.2) is 17.7 Å². The minimum absolute atomic E-state index is 0.143. The maximum Gasteiger partial charge on any atom is 0.416 e. The summed E-state index contributed by atoms with van der Waals surface area (Å²) in [6.45, 7) is -0.552. The van der Waals surface area contributed by atoms with E-state index in [0.29, 0.717) is 11.1 Å². The highest BCUT2D eigenvalue weighted by Gasteiger charge is 2.30. The van der Waals surface area contributed by atoms with Crippen LogP contribution in [0.1, 0.15) is 16.7 Å². The van der Waals surface area contributed by atoms with Gasteiger partial charge in [-0.1, -0.05) is 29.8 Å². The Kier molecular flexibility index (Phi) is 5.90. The normalized spacial score (nSPS) is 11.7. The highest BCUT2D eigenvalue weighted by atomic mass is 35.5. The fraction of sp³-hybridized carbons (Fsp3) is 0.111. The number of halogens is 4. The van der Waals surface area contributed by atoms with E-state index in [9.17, 15) is 23.2 Å². The van der Waals surface area contributed by atoms with Gasteiger partial charge in [-0.25, -0.2) is 4.79 Å². The third kappa shape index (κ3) is 5.01. The van der Waals surface area contributed by atoms with E-state index in [4.69, 9.17) is 21.4 Å². The number of carbonyl (C=O) groups is 1. The summed E-state index contributed by atoms with van der Waals surface area (Å²) < 4.78 is 42.8. The van der Waals surface area contributed by atoms with Crippen LogP contribution in [0.3, 0.4) is 0 Å². The Hall–Kier alpha value is -2.98. The molecule has 0 saturated carbocycles. The van der Waals surface area contributed by atoms with Crippen LogP contribution < -0.4 is 4.74 Å². The third-order valence-electron chi connectivity index (χ3n) is 3.26. The maximum atomic E-state index is 12.6. The van der Waals surface area contributed by atoms with Crippen LogP contribution in [0.15, 0.2) is 42.5 Å². The number of alkyl halides is 3. The Balaban J connectivity index is 2.27. The molecule has 0 spiro atoms. The molecule has 0 saturated heterocycles. The van der Waals surface area contributed by atoms with E-state index in [1.54, 1.807) is 6.07 Å². The molecular formula is C18H11ClF3NO3. The summed E-state index contributed by atoms with van der Waals surface area (Å²) in [6.07, 6.45) is -3.00. The van der Waals surface area contributed by atoms with Crippen molar-refractivity contribution in [3.8, 4) is 11.8 Å². The van der Waals surface area contributed by atoms with Crippen molar-refractivity contribution in [3.63, 3.8) is 0 Å². The van der Waals surface area contributed by atoms with E-state index in [-0.39, 0.29) is 16.3 Å². The molecule has 2 aromatic carbocycles. The molecular weight excluding hydrogens is 371 g/mol. The molecule has 0 atom stereocenters. The van der Waals surface area contributed by atoms with Gasteiger partial charge in [0, 0.05) is 0 Å². The first-order valence-corrected chi connectivity index (χ1v) is 7.52. The molecule has 0 heterocycles. The SMILES string of the molecule is N#C/C(=C/c1ccc(OCC(=O)O)c(Cl)c1)c1ccc(C(F)(F)F)cc1. The van der Waals surface area contributed by atoms with Crippen molar-refractivity contribution in [1.29, 1.82) is 5.26 Å². The van der Waals surface area contributed by atoms with Crippen molar-refractivity contribution in [2.75, 3.05) is 6.61 Å². The van der Waals surface area contributed by atoms with Crippen molar-refractivity contribution in [2.45, 2.75) is 6.18 Å². The molecule has 4 nitrogen and oxygen atoms in total. The van der Waals surface area contributed by atoms with Crippen LogP contribution in [0.2, 0.25) is 5.02 Å². The van der Waals surface area contributed by atoms with Gasteiger partial charge in [0.1, 0.15) is 5.75 Å². The van der Waals surface area contributed by atoms with Crippen LogP contribution in [0, 0.1) is 11.3 Å². The van der Waals surface area contributed by atoms with E-state index in [1.165, 1.54) is 30.3 Å². The average molecular weight is 382 g/mol. The first-order valence-electron chi connectivity index (χ1n) is 7.14. The maximum absolute atomic E-state index is 12.6. The molecule has 0 aromatic heterocycles. The molecule has 0 fully saturated rings. The van der Waals surface area contributed by atoms with Crippen LogP contribution in [0.4, 0.5) is 13.2 Å². The van der Waals surface area contributed by atoms with E-state index in [2.05, 4.69) is 0 Å². The summed E-state index contributed by atoms with van der Waals surface area (Å²) in [4.78, 5) is 10.5. The number of ether oxygens (including phenoxy) is 1. The summed E-state index contributed by atoms with van der Waals surface area (Å²) in [6, 6.07) is 10.6. The van der Waals surface area contributed by atoms with Gasteiger partial charge in [0.25, 0.3) is 0 Å². The summed E-state index contributed by atoms with van der Waals surface area (Å²) in [7, 11) is 0. The number of allylic oxidation sites excluding steroid dienone is 1. The number of hydrogen-bond donors (Lipinski definition) is 1. The molecule has 0 radical (unpaired) electrons. The molecule has 26 heavy (non-hydrogen) atoms. The molecule has 134 valence electrons. The minimum Gasteiger partial charge on any atom is -0.480 e. The molecule has 0 aliphatic carbocycles. The lowest BCUT2D eigenvalue weighted by Crippen LogP contribution is -2.09. The topological polar surface area (TPSA) is 70.3 Å². The van der Waals surface area contributed by atoms with Gasteiger partial charge < -0.3 is 9.84 Å². The standard InChI is InChI=1S/C18H11ClF3NO3/c19-15-8-11(1-6-16(15)26-10-17(24)25)7-13(9-23)12-2-4-14(5-3-12)18(20,21)22/h1-8H,10H2,(H,24,25)/b13-7-. The molecule has 8 heteroatoms. The average Bonchev–Trinajstić information content (AvgIpc) is 2.58. The van der Waals surface area contributed by atoms with E-state index >= 15 is 0 Å². The number of rotatable bonds is 5. The number of nitrogens with zero attached hydrogens (tertiary/aromatic N) is 1. The first kappa shape index (κ1) is 19.3. The number of nitriles is 1. The van der Waals surface area contributed by atoms with E-state index in [1.807, 2.05) is 6.07 Å². The van der Waals surface area contributed by atoms with Crippen molar-refractivity contribution in [3.05, 3.63) is 64.2 Å². The van der Waals surface area contributed by atoms with Crippen molar-refractivity contribution in [2.24, 2.45) is 0 Å². The lowest BCUT2D eigenvalue weighted by atomic mass is 10.0. The zero-order valence-electron chi connectivity index (χ0n) is 13.0. The number of carboxylic acid groups (broad SMARTS) is 1. The Labute approximate surface area is 151 Å². The van der Waals surface area contributed by atoms with Gasteiger partial charge >= 0.3 is 12.1 Å². The van der Waals surface area contributed by atoms with Gasteiger partial charge in [0.15, 0.2) is 6.61 Å². The summed E-state index contributed by atoms with van der Waals surface area (Å²) in [5.74, 6) is -0.988. The van der Waals surface area contributed by atoms with E-state index in [0.717, 1.165) is 12.1 Å². The van der Waals surface area contributed by atoms with Gasteiger partial charge in [-0.2, -0.15) is 18.4 Å². The zero-order valence-corrected chi connectivity index (χ0v) is 13.8. The Morgan fingerprint density at radius 2 is 1.88 bits per heavy atom. The number of hydrogen-bond acceptors (Lipinski definition) is 3. The molecule has 0 bridgehead atoms. The number of aliphatic carboxylic acids is 1. The van der Waals surface area contributed by atoms with Crippen LogP contribution in [0.5, 0.6) is 5.75 Å². The molecule has 2 rings (SSSR count). The fourth-order valence-electron chi connectivity index (χ4n) is 2.05. The fourth-order valence-corrected chi connectivity index (χ4v) is 2.29. The highest BCUT2D eigenvalue weighted by Crippen LogP contribution is 2.31. The second kappa shape index (κ2) is 7.93. The monoisotopic (exact) mass is 381 g/mol. The largest absolute Gasteiger partial charge is 0.480 e. The quantitative estimate of drug-likeness (QED) is 0.591. The van der Waals surface area contributed by atoms with Gasteiger partial charge in [-0.05, 0) is 41.5 Å². The van der Waals surface area contributed by atoms with Crippen molar-refractivity contribution < 1.29 is 27.8 Å². The van der Waals surface area contributed by atoms with Gasteiger partial charge in [-0.15, -0.1) is 0 Å². The van der Waals surface area contributed by atoms with Crippen molar-refractivity contribution in [1.82, 2.24) is 0 Å². The molecule has 0 unspecified atom stereocenters. The molecule has 0 amide bonds. The highest BCUT2D eigenvalue weighted by molar-refractivity contribution is 6.32. The summed E-state index contributed by atoms with van der Waals surface area (Å²) in [5.41, 5.74) is 0.174. The van der Waals surface area contributed by atoms with Gasteiger partial charge in [0.05, 0.1) is 22.2 Å². The van der Waals surface area contributed by atoms with Gasteiger partial charge in [0.2, 0.25) is 0 Å². The van der Waals surface area contributed by atoms with Crippen LogP contribution >= 0.6 is 11.6 Å².